The van der Waals surface area contributed by atoms with Gasteiger partial charge in [-0.15, -0.1) is 0 Å². The summed E-state index contributed by atoms with van der Waals surface area (Å²) in [7, 11) is -0.650. The van der Waals surface area contributed by atoms with Crippen LogP contribution in [0.1, 0.15) is 48.4 Å². The molecule has 0 aromatic heterocycles. The number of benzene rings is 2. The van der Waals surface area contributed by atoms with Crippen LogP contribution < -0.4 is 10.4 Å². The second kappa shape index (κ2) is 9.19. The number of aryl methyl sites for hydroxylation is 2. The summed E-state index contributed by atoms with van der Waals surface area (Å²) in [5, 5.41) is 3.30. The SMILES string of the molecule is CCCCC=C([SiH2]c1cccc(C)c1C)[SiH2]c1cccc(C)c1C. The molecule has 2 rings (SSSR count). The maximum Gasteiger partial charge on any atom is 0.0775 e. The van der Waals surface area contributed by atoms with Crippen LogP contribution >= 0.6 is 0 Å². The van der Waals surface area contributed by atoms with Gasteiger partial charge in [-0.05, 0) is 56.4 Å². The maximum absolute atomic E-state index is 2.62. The van der Waals surface area contributed by atoms with Crippen LogP contribution in [0.25, 0.3) is 0 Å². The molecule has 0 saturated carbocycles. The Bertz CT molecular complexity index is 658. The summed E-state index contributed by atoms with van der Waals surface area (Å²) in [6.07, 6.45) is 6.50. The Morgan fingerprint density at radius 3 is 1.79 bits per heavy atom. The van der Waals surface area contributed by atoms with Gasteiger partial charge >= 0.3 is 0 Å². The Morgan fingerprint density at radius 1 is 0.833 bits per heavy atom. The molecule has 0 radical (unpaired) electrons. The topological polar surface area (TPSA) is 0 Å². The first-order valence-corrected chi connectivity index (χ1v) is 12.1. The molecule has 0 bridgehead atoms. The van der Waals surface area contributed by atoms with Gasteiger partial charge in [-0.1, -0.05) is 77.4 Å². The van der Waals surface area contributed by atoms with Crippen molar-refractivity contribution in [3.8, 4) is 0 Å². The normalized spacial score (nSPS) is 11.7. The average molecular weight is 353 g/mol. The smallest absolute Gasteiger partial charge is 0.0775 e. The molecule has 0 spiro atoms. The highest BCUT2D eigenvalue weighted by Gasteiger charge is 2.09. The van der Waals surface area contributed by atoms with Crippen molar-refractivity contribution in [3.63, 3.8) is 0 Å². The lowest BCUT2D eigenvalue weighted by Crippen LogP contribution is -2.29. The van der Waals surface area contributed by atoms with Gasteiger partial charge in [0.1, 0.15) is 0 Å². The minimum absolute atomic E-state index is 0.325. The zero-order chi connectivity index (χ0) is 17.5. The molecule has 0 aliphatic heterocycles. The van der Waals surface area contributed by atoms with Crippen molar-refractivity contribution in [1.82, 2.24) is 0 Å². The molecule has 0 amide bonds. The summed E-state index contributed by atoms with van der Waals surface area (Å²) in [6, 6.07) is 13.7. The van der Waals surface area contributed by atoms with Gasteiger partial charge in [0.25, 0.3) is 0 Å². The zero-order valence-electron chi connectivity index (χ0n) is 16.1. The van der Waals surface area contributed by atoms with E-state index in [1.54, 1.807) is 10.4 Å². The Kier molecular flexibility index (Phi) is 7.25. The monoisotopic (exact) mass is 352 g/mol. The molecular formula is C22H32Si2. The molecule has 0 aliphatic carbocycles. The predicted molar refractivity (Wildman–Crippen MR) is 116 cm³/mol. The van der Waals surface area contributed by atoms with E-state index in [0.29, 0.717) is 0 Å². The molecule has 0 saturated heterocycles. The minimum atomic E-state index is -0.325. The highest BCUT2D eigenvalue weighted by Crippen LogP contribution is 2.08. The van der Waals surface area contributed by atoms with Crippen molar-refractivity contribution >= 4 is 29.4 Å². The van der Waals surface area contributed by atoms with E-state index in [-0.39, 0.29) is 19.0 Å². The van der Waals surface area contributed by atoms with E-state index in [0.717, 1.165) is 0 Å². The highest BCUT2D eigenvalue weighted by molar-refractivity contribution is 6.82. The van der Waals surface area contributed by atoms with Crippen molar-refractivity contribution < 1.29 is 0 Å². The van der Waals surface area contributed by atoms with Crippen LogP contribution in [0.5, 0.6) is 0 Å². The summed E-state index contributed by atoms with van der Waals surface area (Å²) in [5.41, 5.74) is 5.95. The predicted octanol–water partition coefficient (Wildman–Crippen LogP) is 3.24. The fourth-order valence-corrected chi connectivity index (χ4v) is 8.60. The lowest BCUT2D eigenvalue weighted by Gasteiger charge is -2.14. The van der Waals surface area contributed by atoms with Gasteiger partial charge in [0, 0.05) is 0 Å². The van der Waals surface area contributed by atoms with Gasteiger partial charge < -0.3 is 0 Å². The molecule has 0 unspecified atom stereocenters. The fourth-order valence-electron chi connectivity index (χ4n) is 3.21. The minimum Gasteiger partial charge on any atom is -0.0970 e. The van der Waals surface area contributed by atoms with E-state index in [2.05, 4.69) is 77.1 Å². The Labute approximate surface area is 153 Å². The van der Waals surface area contributed by atoms with Crippen molar-refractivity contribution in [2.45, 2.75) is 53.9 Å². The third-order valence-corrected chi connectivity index (χ3v) is 10.5. The summed E-state index contributed by atoms with van der Waals surface area (Å²) < 4.78 is 0. The number of allylic oxidation sites excluding steroid dienone is 1. The Balaban J connectivity index is 2.26. The first-order chi connectivity index (χ1) is 11.5. The lowest BCUT2D eigenvalue weighted by molar-refractivity contribution is 0.815. The lowest BCUT2D eigenvalue weighted by atomic mass is 10.1. The van der Waals surface area contributed by atoms with E-state index in [4.69, 9.17) is 0 Å². The van der Waals surface area contributed by atoms with Crippen LogP contribution in [0.4, 0.5) is 0 Å². The zero-order valence-corrected chi connectivity index (χ0v) is 18.9. The highest BCUT2D eigenvalue weighted by atomic mass is 28.3. The molecule has 128 valence electrons. The summed E-state index contributed by atoms with van der Waals surface area (Å²) >= 11 is 0. The summed E-state index contributed by atoms with van der Waals surface area (Å²) in [4.78, 5) is 1.84. The second-order valence-electron chi connectivity index (χ2n) is 7.08. The van der Waals surface area contributed by atoms with Gasteiger partial charge in [-0.2, -0.15) is 0 Å². The summed E-state index contributed by atoms with van der Waals surface area (Å²) in [5.74, 6) is 0. The number of hydrogen-bond donors (Lipinski definition) is 0. The molecule has 0 heterocycles. The standard InChI is InChI=1S/C22H32Si2/c1-6-7-8-15-22(23-20-13-9-11-16(2)18(20)4)24-21-14-10-12-17(3)19(21)5/h9-15H,6-8,23-24H2,1-5H3. The third kappa shape index (κ3) is 5.05. The van der Waals surface area contributed by atoms with Crippen LogP contribution in [-0.4, -0.2) is 19.0 Å². The van der Waals surface area contributed by atoms with Crippen LogP contribution in [0, 0.1) is 27.7 Å². The van der Waals surface area contributed by atoms with Crippen molar-refractivity contribution in [1.29, 1.82) is 0 Å². The first kappa shape index (κ1) is 18.9. The van der Waals surface area contributed by atoms with Crippen molar-refractivity contribution in [2.75, 3.05) is 0 Å². The van der Waals surface area contributed by atoms with Gasteiger partial charge in [0.05, 0.1) is 19.0 Å². The third-order valence-electron chi connectivity index (χ3n) is 5.26. The van der Waals surface area contributed by atoms with Gasteiger partial charge in [-0.3, -0.25) is 0 Å². The molecule has 2 aromatic rings. The number of rotatable bonds is 7. The van der Waals surface area contributed by atoms with E-state index in [1.165, 1.54) is 41.5 Å². The van der Waals surface area contributed by atoms with Gasteiger partial charge in [0.15, 0.2) is 0 Å². The molecule has 2 aromatic carbocycles. The molecule has 24 heavy (non-hydrogen) atoms. The van der Waals surface area contributed by atoms with Crippen molar-refractivity contribution in [3.05, 3.63) is 69.5 Å². The molecule has 2 heteroatoms. The van der Waals surface area contributed by atoms with Crippen LogP contribution in [0.2, 0.25) is 0 Å². The molecule has 0 atom stereocenters. The number of unbranched alkanes of at least 4 members (excludes halogenated alkanes) is 2. The van der Waals surface area contributed by atoms with Gasteiger partial charge in [-0.25, -0.2) is 0 Å². The molecule has 0 fully saturated rings. The molecule has 0 N–H and O–H groups in total. The van der Waals surface area contributed by atoms with E-state index in [1.807, 2.05) is 4.82 Å². The summed E-state index contributed by atoms with van der Waals surface area (Å²) in [6.45, 7) is 11.4. The molecule has 0 nitrogen and oxygen atoms in total. The van der Waals surface area contributed by atoms with E-state index >= 15 is 0 Å². The van der Waals surface area contributed by atoms with Crippen molar-refractivity contribution in [2.24, 2.45) is 0 Å². The molecular weight excluding hydrogens is 320 g/mol. The van der Waals surface area contributed by atoms with E-state index in [9.17, 15) is 0 Å². The Morgan fingerprint density at radius 2 is 1.33 bits per heavy atom. The quantitative estimate of drug-likeness (QED) is 0.530. The first-order valence-electron chi connectivity index (χ1n) is 9.31. The van der Waals surface area contributed by atoms with E-state index < -0.39 is 0 Å². The van der Waals surface area contributed by atoms with Crippen LogP contribution in [0.15, 0.2) is 47.3 Å². The number of hydrogen-bond acceptors (Lipinski definition) is 0. The second-order valence-corrected chi connectivity index (χ2v) is 12.1. The molecule has 0 aliphatic rings. The maximum atomic E-state index is 2.62. The van der Waals surface area contributed by atoms with Gasteiger partial charge in [0.2, 0.25) is 0 Å². The largest absolute Gasteiger partial charge is 0.0970 e. The fraction of sp³-hybridized carbons (Fsp3) is 0.364. The Hall–Kier alpha value is -1.39. The van der Waals surface area contributed by atoms with Crippen LogP contribution in [0.3, 0.4) is 0 Å². The van der Waals surface area contributed by atoms with Crippen LogP contribution in [-0.2, 0) is 0 Å². The average Bonchev–Trinajstić information content (AvgIpc) is 2.56.